The van der Waals surface area contributed by atoms with Gasteiger partial charge < -0.3 is 15.2 Å². The molecule has 1 saturated heterocycles. The lowest BCUT2D eigenvalue weighted by atomic mass is 10.0. The quantitative estimate of drug-likeness (QED) is 0.840. The Bertz CT molecular complexity index is 378. The largest absolute Gasteiger partial charge is 0.490 e. The Morgan fingerprint density at radius 3 is 3.00 bits per heavy atom. The van der Waals surface area contributed by atoms with Crippen LogP contribution in [-0.2, 0) is 6.42 Å². The van der Waals surface area contributed by atoms with Gasteiger partial charge >= 0.3 is 0 Å². The van der Waals surface area contributed by atoms with Gasteiger partial charge in [-0.1, -0.05) is 6.07 Å². The second-order valence-corrected chi connectivity index (χ2v) is 4.76. The van der Waals surface area contributed by atoms with E-state index >= 15 is 0 Å². The van der Waals surface area contributed by atoms with Crippen molar-refractivity contribution in [2.45, 2.75) is 19.3 Å². The summed E-state index contributed by atoms with van der Waals surface area (Å²) in [5.74, 6) is 0.433. The van der Waals surface area contributed by atoms with Gasteiger partial charge in [0.15, 0.2) is 11.6 Å². The molecule has 1 aliphatic heterocycles. The average Bonchev–Trinajstić information content (AvgIpc) is 2.39. The second kappa shape index (κ2) is 6.71. The average molecular weight is 253 g/mol. The highest BCUT2D eigenvalue weighted by Crippen LogP contribution is 2.20. The summed E-state index contributed by atoms with van der Waals surface area (Å²) in [7, 11) is 0. The third kappa shape index (κ3) is 3.68. The Kier molecular flexibility index (Phi) is 4.96. The number of nitrogens with one attached hydrogen (secondary N) is 1. The predicted octanol–water partition coefficient (Wildman–Crippen LogP) is 1.74. The van der Waals surface area contributed by atoms with Crippen LogP contribution in [0.2, 0.25) is 0 Å². The first-order valence-corrected chi connectivity index (χ1v) is 6.52. The maximum absolute atomic E-state index is 13.7. The molecule has 0 spiro atoms. The molecule has 0 saturated carbocycles. The highest BCUT2D eigenvalue weighted by molar-refractivity contribution is 5.29. The number of hydrogen-bond acceptors (Lipinski definition) is 3. The van der Waals surface area contributed by atoms with E-state index in [0.29, 0.717) is 24.7 Å². The van der Waals surface area contributed by atoms with E-state index in [1.807, 2.05) is 0 Å². The van der Waals surface area contributed by atoms with Gasteiger partial charge in [0.1, 0.15) is 0 Å². The molecule has 0 bridgehead atoms. The van der Waals surface area contributed by atoms with Crippen LogP contribution in [0.15, 0.2) is 18.2 Å². The van der Waals surface area contributed by atoms with Crippen molar-refractivity contribution in [2.24, 2.45) is 5.92 Å². The van der Waals surface area contributed by atoms with E-state index in [0.717, 1.165) is 31.5 Å². The molecule has 1 unspecified atom stereocenters. The maximum atomic E-state index is 13.7. The lowest BCUT2D eigenvalue weighted by Crippen LogP contribution is -2.33. The van der Waals surface area contributed by atoms with Gasteiger partial charge in [0.05, 0.1) is 6.61 Å². The summed E-state index contributed by atoms with van der Waals surface area (Å²) in [6.45, 7) is 2.61. The molecule has 0 aliphatic carbocycles. The Hall–Kier alpha value is -1.13. The number of hydrogen-bond donors (Lipinski definition) is 2. The van der Waals surface area contributed by atoms with Gasteiger partial charge in [0.2, 0.25) is 0 Å². The van der Waals surface area contributed by atoms with Crippen LogP contribution >= 0.6 is 0 Å². The summed E-state index contributed by atoms with van der Waals surface area (Å²) >= 11 is 0. The Morgan fingerprint density at radius 2 is 2.33 bits per heavy atom. The minimum atomic E-state index is -0.343. The standard InChI is InChI=1S/C14H20FNO2/c15-13-8-11(5-7-17)3-4-14(13)18-10-12-2-1-6-16-9-12/h3-4,8,12,16-17H,1-2,5-7,9-10H2. The van der Waals surface area contributed by atoms with Crippen molar-refractivity contribution in [3.8, 4) is 5.75 Å². The normalized spacial score (nSPS) is 19.8. The van der Waals surface area contributed by atoms with Crippen molar-refractivity contribution in [2.75, 3.05) is 26.3 Å². The van der Waals surface area contributed by atoms with E-state index in [1.165, 1.54) is 6.07 Å². The van der Waals surface area contributed by atoms with E-state index in [2.05, 4.69) is 5.32 Å². The number of benzene rings is 1. The molecule has 100 valence electrons. The molecular weight excluding hydrogens is 233 g/mol. The molecule has 18 heavy (non-hydrogen) atoms. The van der Waals surface area contributed by atoms with E-state index in [-0.39, 0.29) is 12.4 Å². The lowest BCUT2D eigenvalue weighted by Gasteiger charge is -2.22. The molecule has 0 aromatic heterocycles. The predicted molar refractivity (Wildman–Crippen MR) is 68.3 cm³/mol. The fraction of sp³-hybridized carbons (Fsp3) is 0.571. The SMILES string of the molecule is OCCc1ccc(OCC2CCCNC2)c(F)c1. The summed E-state index contributed by atoms with van der Waals surface area (Å²) in [5, 5.41) is 12.1. The van der Waals surface area contributed by atoms with Gasteiger partial charge in [0.25, 0.3) is 0 Å². The number of aliphatic hydroxyl groups excluding tert-OH is 1. The van der Waals surface area contributed by atoms with E-state index in [1.54, 1.807) is 12.1 Å². The van der Waals surface area contributed by atoms with Crippen LogP contribution in [0, 0.1) is 11.7 Å². The summed E-state index contributed by atoms with van der Waals surface area (Å²) in [6.07, 6.45) is 2.77. The van der Waals surface area contributed by atoms with Gasteiger partial charge in [0, 0.05) is 19.1 Å². The smallest absolute Gasteiger partial charge is 0.165 e. The minimum absolute atomic E-state index is 0.0351. The van der Waals surface area contributed by atoms with Crippen LogP contribution in [0.4, 0.5) is 4.39 Å². The molecule has 1 fully saturated rings. The molecule has 2 rings (SSSR count). The topological polar surface area (TPSA) is 41.5 Å². The Morgan fingerprint density at radius 1 is 1.44 bits per heavy atom. The van der Waals surface area contributed by atoms with Crippen LogP contribution < -0.4 is 10.1 Å². The molecule has 1 atom stereocenters. The van der Waals surface area contributed by atoms with Gasteiger partial charge in [-0.3, -0.25) is 0 Å². The van der Waals surface area contributed by atoms with Crippen LogP contribution in [0.5, 0.6) is 5.75 Å². The molecule has 1 aromatic rings. The summed E-state index contributed by atoms with van der Waals surface area (Å²) in [5.41, 5.74) is 0.793. The van der Waals surface area contributed by atoms with Gasteiger partial charge in [-0.2, -0.15) is 0 Å². The number of piperidine rings is 1. The molecule has 0 amide bonds. The fourth-order valence-corrected chi connectivity index (χ4v) is 2.22. The first kappa shape index (κ1) is 13.3. The molecule has 1 heterocycles. The summed E-state index contributed by atoms with van der Waals surface area (Å²) in [4.78, 5) is 0. The van der Waals surface area contributed by atoms with Crippen LogP contribution in [0.1, 0.15) is 18.4 Å². The Labute approximate surface area is 107 Å². The minimum Gasteiger partial charge on any atom is -0.490 e. The summed E-state index contributed by atoms with van der Waals surface area (Å²) < 4.78 is 19.2. The zero-order chi connectivity index (χ0) is 12.8. The summed E-state index contributed by atoms with van der Waals surface area (Å²) in [6, 6.07) is 4.88. The highest BCUT2D eigenvalue weighted by atomic mass is 19.1. The Balaban J connectivity index is 1.88. The third-order valence-corrected chi connectivity index (χ3v) is 3.27. The number of rotatable bonds is 5. The first-order valence-electron chi connectivity index (χ1n) is 6.52. The van der Waals surface area contributed by atoms with Gasteiger partial charge in [-0.15, -0.1) is 0 Å². The molecule has 2 N–H and O–H groups in total. The number of aliphatic hydroxyl groups is 1. The molecule has 3 nitrogen and oxygen atoms in total. The molecule has 0 radical (unpaired) electrons. The fourth-order valence-electron chi connectivity index (χ4n) is 2.22. The number of halogens is 1. The van der Waals surface area contributed by atoms with E-state index in [4.69, 9.17) is 9.84 Å². The van der Waals surface area contributed by atoms with Crippen molar-refractivity contribution in [1.82, 2.24) is 5.32 Å². The zero-order valence-electron chi connectivity index (χ0n) is 10.5. The zero-order valence-corrected chi connectivity index (χ0v) is 10.5. The van der Waals surface area contributed by atoms with E-state index in [9.17, 15) is 4.39 Å². The maximum Gasteiger partial charge on any atom is 0.165 e. The molecule has 1 aliphatic rings. The van der Waals surface area contributed by atoms with Crippen molar-refractivity contribution >= 4 is 0 Å². The van der Waals surface area contributed by atoms with Crippen LogP contribution in [0.25, 0.3) is 0 Å². The van der Waals surface area contributed by atoms with Crippen LogP contribution in [-0.4, -0.2) is 31.4 Å². The lowest BCUT2D eigenvalue weighted by molar-refractivity contribution is 0.211. The second-order valence-electron chi connectivity index (χ2n) is 4.76. The molecular formula is C14H20FNO2. The van der Waals surface area contributed by atoms with Crippen molar-refractivity contribution in [1.29, 1.82) is 0 Å². The highest BCUT2D eigenvalue weighted by Gasteiger charge is 2.14. The van der Waals surface area contributed by atoms with E-state index < -0.39 is 0 Å². The molecule has 4 heteroatoms. The third-order valence-electron chi connectivity index (χ3n) is 3.27. The first-order chi connectivity index (χ1) is 8.79. The van der Waals surface area contributed by atoms with Crippen LogP contribution in [0.3, 0.4) is 0 Å². The van der Waals surface area contributed by atoms with Gasteiger partial charge in [-0.05, 0) is 43.5 Å². The van der Waals surface area contributed by atoms with Gasteiger partial charge in [-0.25, -0.2) is 4.39 Å². The number of ether oxygens (including phenoxy) is 1. The van der Waals surface area contributed by atoms with Crippen molar-refractivity contribution < 1.29 is 14.2 Å². The van der Waals surface area contributed by atoms with Crippen molar-refractivity contribution in [3.05, 3.63) is 29.6 Å². The monoisotopic (exact) mass is 253 g/mol. The van der Waals surface area contributed by atoms with Crippen molar-refractivity contribution in [3.63, 3.8) is 0 Å². The molecule has 1 aromatic carbocycles.